The molecule has 10 heteroatoms. The number of carbonyl (C=O) groups excluding carboxylic acids is 2. The van der Waals surface area contributed by atoms with Gasteiger partial charge in [0, 0.05) is 22.8 Å². The maximum atomic E-state index is 12.3. The predicted molar refractivity (Wildman–Crippen MR) is 89.3 cm³/mol. The van der Waals surface area contributed by atoms with E-state index in [4.69, 9.17) is 0 Å². The number of H-pyrrole nitrogens is 2. The minimum absolute atomic E-state index is 0.130. The minimum Gasteiger partial charge on any atom is -0.295 e. The zero-order valence-corrected chi connectivity index (χ0v) is 13.9. The molecule has 0 spiro atoms. The largest absolute Gasteiger partial charge is 0.295 e. The Labute approximate surface area is 144 Å². The summed E-state index contributed by atoms with van der Waals surface area (Å²) in [6.07, 6.45) is 1.43. The predicted octanol–water partition coefficient (Wildman–Crippen LogP) is 1.44. The van der Waals surface area contributed by atoms with E-state index in [-0.39, 0.29) is 30.7 Å². The highest BCUT2D eigenvalue weighted by molar-refractivity contribution is 9.10. The Balaban J connectivity index is 1.56. The van der Waals surface area contributed by atoms with Gasteiger partial charge in [0.05, 0.1) is 11.4 Å². The molecular formula is C14H12BrN7O2. The van der Waals surface area contributed by atoms with Gasteiger partial charge >= 0.3 is 0 Å². The number of halogens is 1. The number of hydrogen-bond donors (Lipinski definition) is 3. The Morgan fingerprint density at radius 2 is 2.25 bits per heavy atom. The van der Waals surface area contributed by atoms with Gasteiger partial charge in [-0.2, -0.15) is 15.2 Å². The first kappa shape index (κ1) is 14.8. The van der Waals surface area contributed by atoms with E-state index in [1.165, 1.54) is 11.2 Å². The zero-order chi connectivity index (χ0) is 16.7. The summed E-state index contributed by atoms with van der Waals surface area (Å²) in [6.45, 7) is 0.273. The van der Waals surface area contributed by atoms with Crippen LogP contribution in [0.1, 0.15) is 6.42 Å². The molecule has 0 aliphatic carbocycles. The highest BCUT2D eigenvalue weighted by Gasteiger charge is 2.37. The molecule has 1 unspecified atom stereocenters. The van der Waals surface area contributed by atoms with Crippen molar-refractivity contribution >= 4 is 50.4 Å². The summed E-state index contributed by atoms with van der Waals surface area (Å²) in [5.74, 6) is -0.0718. The van der Waals surface area contributed by atoms with Crippen LogP contribution in [0.15, 0.2) is 29.0 Å². The van der Waals surface area contributed by atoms with Gasteiger partial charge in [0.1, 0.15) is 6.33 Å². The number of carbonyl (C=O) groups is 2. The van der Waals surface area contributed by atoms with E-state index in [2.05, 4.69) is 46.6 Å². The molecule has 24 heavy (non-hydrogen) atoms. The maximum absolute atomic E-state index is 12.3. The molecule has 2 amide bonds. The summed E-state index contributed by atoms with van der Waals surface area (Å²) in [4.78, 5) is 30.0. The van der Waals surface area contributed by atoms with E-state index in [0.717, 1.165) is 15.4 Å². The quantitative estimate of drug-likeness (QED) is 0.625. The molecule has 1 saturated heterocycles. The normalized spacial score (nSPS) is 17.6. The number of amides is 2. The summed E-state index contributed by atoms with van der Waals surface area (Å²) in [6, 6.07) is 5.66. The van der Waals surface area contributed by atoms with Gasteiger partial charge in [-0.05, 0) is 18.2 Å². The van der Waals surface area contributed by atoms with Gasteiger partial charge in [0.15, 0.2) is 5.82 Å². The molecule has 1 aliphatic heterocycles. The topological polar surface area (TPSA) is 120 Å². The van der Waals surface area contributed by atoms with Crippen LogP contribution in [-0.4, -0.2) is 43.7 Å². The molecule has 3 N–H and O–H groups in total. The molecule has 1 atom stereocenters. The van der Waals surface area contributed by atoms with Crippen molar-refractivity contribution in [3.63, 3.8) is 0 Å². The molecular weight excluding hydrogens is 378 g/mol. The lowest BCUT2D eigenvalue weighted by Crippen LogP contribution is -2.28. The summed E-state index contributed by atoms with van der Waals surface area (Å²) >= 11 is 3.40. The van der Waals surface area contributed by atoms with Crippen molar-refractivity contribution in [3.05, 3.63) is 29.0 Å². The maximum Gasteiger partial charge on any atom is 0.232 e. The Morgan fingerprint density at radius 3 is 3.04 bits per heavy atom. The van der Waals surface area contributed by atoms with Crippen LogP contribution < -0.4 is 10.2 Å². The smallest absolute Gasteiger partial charge is 0.232 e. The van der Waals surface area contributed by atoms with E-state index in [1.807, 2.05) is 18.2 Å². The summed E-state index contributed by atoms with van der Waals surface area (Å²) in [5.41, 5.74) is 0.821. The van der Waals surface area contributed by atoms with Crippen LogP contribution in [0.5, 0.6) is 0 Å². The van der Waals surface area contributed by atoms with Gasteiger partial charge in [-0.25, -0.2) is 5.10 Å². The molecule has 2 aromatic heterocycles. The Morgan fingerprint density at radius 1 is 1.38 bits per heavy atom. The fourth-order valence-electron chi connectivity index (χ4n) is 2.76. The van der Waals surface area contributed by atoms with Crippen LogP contribution in [0.25, 0.3) is 10.9 Å². The number of nitrogens with one attached hydrogen (secondary N) is 3. The van der Waals surface area contributed by atoms with E-state index >= 15 is 0 Å². The molecule has 1 aliphatic rings. The SMILES string of the molecule is O=C(Nc1ncn[nH]1)C1CC(=O)N(c2n[nH]c3cc(Br)ccc23)C1. The van der Waals surface area contributed by atoms with Crippen molar-refractivity contribution in [2.75, 3.05) is 16.8 Å². The molecule has 9 nitrogen and oxygen atoms in total. The van der Waals surface area contributed by atoms with E-state index in [0.29, 0.717) is 5.82 Å². The van der Waals surface area contributed by atoms with Gasteiger partial charge in [0.2, 0.25) is 17.8 Å². The van der Waals surface area contributed by atoms with Crippen LogP contribution >= 0.6 is 15.9 Å². The lowest BCUT2D eigenvalue weighted by atomic mass is 10.1. The number of aromatic nitrogens is 5. The molecule has 3 aromatic rings. The first-order valence-electron chi connectivity index (χ1n) is 7.22. The third kappa shape index (κ3) is 2.54. The number of nitrogens with zero attached hydrogens (tertiary/aromatic N) is 4. The third-order valence-corrected chi connectivity index (χ3v) is 4.41. The van der Waals surface area contributed by atoms with Crippen LogP contribution in [0.2, 0.25) is 0 Å². The number of hydrogen-bond acceptors (Lipinski definition) is 5. The van der Waals surface area contributed by atoms with Crippen molar-refractivity contribution in [2.24, 2.45) is 5.92 Å². The fraction of sp³-hybridized carbons (Fsp3) is 0.214. The summed E-state index contributed by atoms with van der Waals surface area (Å²) in [7, 11) is 0. The monoisotopic (exact) mass is 389 g/mol. The molecule has 1 aromatic carbocycles. The standard InChI is InChI=1S/C14H12BrN7O2/c15-8-1-2-9-10(4-8)19-20-12(9)22-5-7(3-11(22)23)13(24)18-14-16-6-17-21-14/h1-2,4,6-7H,3,5H2,(H,19,20)(H2,16,17,18,21,24). The lowest BCUT2D eigenvalue weighted by Gasteiger charge is -2.13. The molecule has 0 saturated carbocycles. The van der Waals surface area contributed by atoms with Crippen molar-refractivity contribution in [1.29, 1.82) is 0 Å². The summed E-state index contributed by atoms with van der Waals surface area (Å²) in [5, 5.41) is 16.8. The van der Waals surface area contributed by atoms with Gasteiger partial charge < -0.3 is 0 Å². The third-order valence-electron chi connectivity index (χ3n) is 3.91. The van der Waals surface area contributed by atoms with Crippen molar-refractivity contribution in [3.8, 4) is 0 Å². The Hall–Kier alpha value is -2.75. The highest BCUT2D eigenvalue weighted by Crippen LogP contribution is 2.31. The Bertz CT molecular complexity index is 921. The second kappa shape index (κ2) is 5.71. The minimum atomic E-state index is -0.468. The van der Waals surface area contributed by atoms with E-state index in [9.17, 15) is 9.59 Å². The first-order chi connectivity index (χ1) is 11.6. The molecule has 1 fully saturated rings. The van der Waals surface area contributed by atoms with Crippen LogP contribution in [0.3, 0.4) is 0 Å². The van der Waals surface area contributed by atoms with Gasteiger partial charge in [0.25, 0.3) is 0 Å². The molecule has 4 rings (SSSR count). The fourth-order valence-corrected chi connectivity index (χ4v) is 3.12. The number of anilines is 2. The summed E-state index contributed by atoms with van der Waals surface area (Å²) < 4.78 is 0.919. The zero-order valence-electron chi connectivity index (χ0n) is 12.3. The van der Waals surface area contributed by atoms with E-state index in [1.54, 1.807) is 0 Å². The average molecular weight is 390 g/mol. The molecule has 122 valence electrons. The molecule has 0 radical (unpaired) electrons. The molecule has 3 heterocycles. The van der Waals surface area contributed by atoms with Crippen LogP contribution in [0.4, 0.5) is 11.8 Å². The van der Waals surface area contributed by atoms with Crippen molar-refractivity contribution < 1.29 is 9.59 Å². The Kier molecular flexibility index (Phi) is 3.53. The van der Waals surface area contributed by atoms with Gasteiger partial charge in [-0.15, -0.1) is 0 Å². The van der Waals surface area contributed by atoms with Crippen molar-refractivity contribution in [1.82, 2.24) is 25.4 Å². The van der Waals surface area contributed by atoms with E-state index < -0.39 is 5.92 Å². The van der Waals surface area contributed by atoms with Gasteiger partial charge in [-0.3, -0.25) is 24.9 Å². The molecule has 0 bridgehead atoms. The number of fused-ring (bicyclic) bond motifs is 1. The van der Waals surface area contributed by atoms with Crippen LogP contribution in [-0.2, 0) is 9.59 Å². The van der Waals surface area contributed by atoms with Crippen LogP contribution in [0, 0.1) is 5.92 Å². The number of aromatic amines is 2. The number of rotatable bonds is 3. The van der Waals surface area contributed by atoms with Gasteiger partial charge in [-0.1, -0.05) is 15.9 Å². The van der Waals surface area contributed by atoms with Crippen molar-refractivity contribution in [2.45, 2.75) is 6.42 Å². The second-order valence-corrected chi connectivity index (χ2v) is 6.38. The average Bonchev–Trinajstić information content (AvgIpc) is 3.26. The second-order valence-electron chi connectivity index (χ2n) is 5.47. The highest BCUT2D eigenvalue weighted by atomic mass is 79.9. The first-order valence-corrected chi connectivity index (χ1v) is 8.01. The lowest BCUT2D eigenvalue weighted by molar-refractivity contribution is -0.122. The number of benzene rings is 1.